The summed E-state index contributed by atoms with van der Waals surface area (Å²) in [7, 11) is 0. The van der Waals surface area contributed by atoms with Crippen molar-refractivity contribution in [3.8, 4) is 6.01 Å². The van der Waals surface area contributed by atoms with Crippen molar-refractivity contribution in [2.24, 2.45) is 0 Å². The van der Waals surface area contributed by atoms with Crippen molar-refractivity contribution in [2.45, 2.75) is 38.5 Å². The van der Waals surface area contributed by atoms with Crippen molar-refractivity contribution in [1.29, 1.82) is 0 Å². The van der Waals surface area contributed by atoms with Crippen molar-refractivity contribution >= 4 is 17.4 Å². The van der Waals surface area contributed by atoms with E-state index in [1.54, 1.807) is 0 Å². The molecule has 0 aromatic carbocycles. The van der Waals surface area contributed by atoms with Crippen LogP contribution >= 0.6 is 11.6 Å². The van der Waals surface area contributed by atoms with Crippen LogP contribution in [-0.2, 0) is 0 Å². The van der Waals surface area contributed by atoms with E-state index in [9.17, 15) is 0 Å². The van der Waals surface area contributed by atoms with E-state index in [-0.39, 0.29) is 0 Å². The van der Waals surface area contributed by atoms with E-state index < -0.39 is 0 Å². The fourth-order valence-electron chi connectivity index (χ4n) is 2.45. The van der Waals surface area contributed by atoms with Gasteiger partial charge in [0.05, 0.1) is 12.3 Å². The number of aromatic nitrogens is 4. The quantitative estimate of drug-likeness (QED) is 0.802. The zero-order valence-electron chi connectivity index (χ0n) is 10.3. The maximum atomic E-state index is 6.22. The lowest BCUT2D eigenvalue weighted by Crippen LogP contribution is -2.01. The second-order valence-electron chi connectivity index (χ2n) is 4.52. The average molecular weight is 267 g/mol. The third-order valence-electron chi connectivity index (χ3n) is 3.32. The molecule has 2 aromatic heterocycles. The van der Waals surface area contributed by atoms with Crippen molar-refractivity contribution in [3.63, 3.8) is 0 Å². The Bertz CT molecular complexity index is 562. The van der Waals surface area contributed by atoms with Crippen LogP contribution in [0.25, 0.3) is 5.78 Å². The molecular formula is C12H15ClN4O. The van der Waals surface area contributed by atoms with Gasteiger partial charge < -0.3 is 4.74 Å². The van der Waals surface area contributed by atoms with E-state index in [2.05, 4.69) is 15.1 Å². The molecule has 5 nitrogen and oxygen atoms in total. The molecule has 0 unspecified atom stereocenters. The molecule has 0 spiro atoms. The van der Waals surface area contributed by atoms with Gasteiger partial charge in [0.2, 0.25) is 0 Å². The van der Waals surface area contributed by atoms with Crippen LogP contribution in [0.15, 0.2) is 6.07 Å². The number of nitrogens with zero attached hydrogens (tertiary/aromatic N) is 4. The van der Waals surface area contributed by atoms with Crippen molar-refractivity contribution in [2.75, 3.05) is 6.61 Å². The summed E-state index contributed by atoms with van der Waals surface area (Å²) >= 11 is 6.22. The second kappa shape index (κ2) is 4.72. The fraction of sp³-hybridized carbons (Fsp3) is 0.583. The Kier molecular flexibility index (Phi) is 3.07. The lowest BCUT2D eigenvalue weighted by molar-refractivity contribution is 0.313. The lowest BCUT2D eigenvalue weighted by atomic mass is 10.0. The molecule has 0 aliphatic heterocycles. The molecule has 18 heavy (non-hydrogen) atoms. The molecule has 1 aliphatic carbocycles. The Hall–Kier alpha value is -1.36. The summed E-state index contributed by atoms with van der Waals surface area (Å²) in [6.07, 6.45) is 4.91. The predicted octanol–water partition coefficient (Wildman–Crippen LogP) is 2.83. The number of fused-ring (bicyclic) bond motifs is 1. The molecule has 0 bridgehead atoms. The van der Waals surface area contributed by atoms with Crippen LogP contribution in [0.4, 0.5) is 0 Å². The van der Waals surface area contributed by atoms with Crippen molar-refractivity contribution in [1.82, 2.24) is 19.6 Å². The van der Waals surface area contributed by atoms with Gasteiger partial charge in [0.25, 0.3) is 5.78 Å². The van der Waals surface area contributed by atoms with Gasteiger partial charge >= 0.3 is 6.01 Å². The van der Waals surface area contributed by atoms with E-state index in [1.165, 1.54) is 30.2 Å². The summed E-state index contributed by atoms with van der Waals surface area (Å²) in [6.45, 7) is 2.43. The SMILES string of the molecule is CCOc1nc2nc(C3CCCC3)cc(Cl)n2n1. The van der Waals surface area contributed by atoms with Crippen molar-refractivity contribution < 1.29 is 4.74 Å². The van der Waals surface area contributed by atoms with Crippen LogP contribution in [-0.4, -0.2) is 26.2 Å². The summed E-state index contributed by atoms with van der Waals surface area (Å²) in [5.74, 6) is 1.03. The van der Waals surface area contributed by atoms with E-state index in [0.717, 1.165) is 5.69 Å². The second-order valence-corrected chi connectivity index (χ2v) is 4.91. The van der Waals surface area contributed by atoms with Gasteiger partial charge in [-0.1, -0.05) is 24.4 Å². The van der Waals surface area contributed by atoms with Crippen molar-refractivity contribution in [3.05, 3.63) is 16.9 Å². The smallest absolute Gasteiger partial charge is 0.337 e. The van der Waals surface area contributed by atoms with E-state index in [1.807, 2.05) is 13.0 Å². The average Bonchev–Trinajstić information content (AvgIpc) is 2.97. The van der Waals surface area contributed by atoms with E-state index in [0.29, 0.717) is 29.5 Å². The van der Waals surface area contributed by atoms with Gasteiger partial charge in [-0.2, -0.15) is 9.50 Å². The molecule has 0 N–H and O–H groups in total. The molecule has 0 radical (unpaired) electrons. The van der Waals surface area contributed by atoms with Gasteiger partial charge in [0.1, 0.15) is 5.15 Å². The maximum Gasteiger partial charge on any atom is 0.337 e. The van der Waals surface area contributed by atoms with Crippen LogP contribution in [0.1, 0.15) is 44.2 Å². The molecule has 0 saturated heterocycles. The first-order chi connectivity index (χ1) is 8.78. The molecule has 3 rings (SSSR count). The minimum Gasteiger partial charge on any atom is -0.463 e. The summed E-state index contributed by atoms with van der Waals surface area (Å²) in [5.41, 5.74) is 1.03. The minimum absolute atomic E-state index is 0.329. The van der Waals surface area contributed by atoms with E-state index in [4.69, 9.17) is 16.3 Å². The zero-order chi connectivity index (χ0) is 12.5. The number of hydrogen-bond acceptors (Lipinski definition) is 4. The molecule has 0 amide bonds. The summed E-state index contributed by atoms with van der Waals surface area (Å²) < 4.78 is 6.79. The highest BCUT2D eigenvalue weighted by Crippen LogP contribution is 2.34. The molecular weight excluding hydrogens is 252 g/mol. The Morgan fingerprint density at radius 3 is 2.89 bits per heavy atom. The Morgan fingerprint density at radius 1 is 1.39 bits per heavy atom. The summed E-state index contributed by atoms with van der Waals surface area (Å²) in [4.78, 5) is 8.78. The van der Waals surface area contributed by atoms with Gasteiger partial charge in [-0.25, -0.2) is 4.98 Å². The molecule has 2 heterocycles. The van der Waals surface area contributed by atoms with E-state index >= 15 is 0 Å². The number of ether oxygens (including phenoxy) is 1. The monoisotopic (exact) mass is 266 g/mol. The molecule has 96 valence electrons. The normalized spacial score (nSPS) is 16.6. The number of rotatable bonds is 3. The van der Waals surface area contributed by atoms with Crippen LogP contribution in [0.3, 0.4) is 0 Å². The molecule has 2 aromatic rings. The van der Waals surface area contributed by atoms with Gasteiger partial charge in [0.15, 0.2) is 0 Å². The molecule has 6 heteroatoms. The lowest BCUT2D eigenvalue weighted by Gasteiger charge is -2.08. The molecule has 0 atom stereocenters. The Balaban J connectivity index is 2.02. The van der Waals surface area contributed by atoms with Gasteiger partial charge in [-0.15, -0.1) is 5.10 Å². The minimum atomic E-state index is 0.329. The molecule has 1 saturated carbocycles. The third-order valence-corrected chi connectivity index (χ3v) is 3.59. The standard InChI is InChI=1S/C12H15ClN4O/c1-2-18-12-15-11-14-9(8-5-3-4-6-8)7-10(13)17(11)16-12/h7-8H,2-6H2,1H3. The molecule has 1 fully saturated rings. The Morgan fingerprint density at radius 2 is 2.17 bits per heavy atom. The van der Waals surface area contributed by atoms with Crippen LogP contribution in [0.2, 0.25) is 5.15 Å². The molecule has 1 aliphatic rings. The first-order valence-corrected chi connectivity index (χ1v) is 6.71. The topological polar surface area (TPSA) is 52.3 Å². The van der Waals surface area contributed by atoms with Crippen LogP contribution < -0.4 is 4.74 Å². The predicted molar refractivity (Wildman–Crippen MR) is 68.2 cm³/mol. The summed E-state index contributed by atoms with van der Waals surface area (Å²) in [5, 5.41) is 4.70. The highest BCUT2D eigenvalue weighted by atomic mass is 35.5. The third kappa shape index (κ3) is 2.03. The highest BCUT2D eigenvalue weighted by molar-refractivity contribution is 6.29. The number of halogens is 1. The van der Waals surface area contributed by atoms with Crippen LogP contribution in [0.5, 0.6) is 6.01 Å². The fourth-order valence-corrected chi connectivity index (χ4v) is 2.68. The van der Waals surface area contributed by atoms with Gasteiger partial charge in [-0.05, 0) is 25.8 Å². The first-order valence-electron chi connectivity index (χ1n) is 6.34. The summed E-state index contributed by atoms with van der Waals surface area (Å²) in [6, 6.07) is 2.23. The van der Waals surface area contributed by atoms with Crippen LogP contribution in [0, 0.1) is 0 Å². The first kappa shape index (κ1) is 11.7. The highest BCUT2D eigenvalue weighted by Gasteiger charge is 2.20. The van der Waals surface area contributed by atoms with Gasteiger partial charge in [0, 0.05) is 5.92 Å². The van der Waals surface area contributed by atoms with Gasteiger partial charge in [-0.3, -0.25) is 0 Å². The Labute approximate surface area is 110 Å². The largest absolute Gasteiger partial charge is 0.463 e. The maximum absolute atomic E-state index is 6.22. The number of hydrogen-bond donors (Lipinski definition) is 0. The zero-order valence-corrected chi connectivity index (χ0v) is 11.0.